The molecule has 0 aromatic carbocycles. The Morgan fingerprint density at radius 1 is 1.35 bits per heavy atom. The number of nitrogens with zero attached hydrogens (tertiary/aromatic N) is 3. The number of rotatable bonds is 6. The van der Waals surface area contributed by atoms with Crippen LogP contribution in [0, 0.1) is 12.8 Å². The molecule has 1 N–H and O–H groups in total. The maximum Gasteiger partial charge on any atom is 0.418 e. The largest absolute Gasteiger partial charge is 0.418 e. The van der Waals surface area contributed by atoms with Gasteiger partial charge in [0.25, 0.3) is 0 Å². The fourth-order valence-corrected chi connectivity index (χ4v) is 3.91. The van der Waals surface area contributed by atoms with Gasteiger partial charge < -0.3 is 10.2 Å². The summed E-state index contributed by atoms with van der Waals surface area (Å²) in [5.74, 6) is 0.142. The maximum atomic E-state index is 13.7. The number of ketones is 1. The quantitative estimate of drug-likeness (QED) is 0.649. The second-order valence-corrected chi connectivity index (χ2v) is 8.45. The maximum absolute atomic E-state index is 13.7. The van der Waals surface area contributed by atoms with Gasteiger partial charge in [0.15, 0.2) is 0 Å². The van der Waals surface area contributed by atoms with Crippen molar-refractivity contribution in [1.82, 2.24) is 15.3 Å². The SMILES string of the molecule is CCc1cnc(C)c(C(=O)c2nc(N3CCN[C@@H](CC(C)C)C3)ccc2C(F)(F)F)c1.[HH].[HH]. The predicted molar refractivity (Wildman–Crippen MR) is 119 cm³/mol. The van der Waals surface area contributed by atoms with E-state index in [4.69, 9.17) is 0 Å². The Morgan fingerprint density at radius 3 is 2.74 bits per heavy atom. The Labute approximate surface area is 184 Å². The molecule has 0 aliphatic carbocycles. The molecule has 1 saturated heterocycles. The summed E-state index contributed by atoms with van der Waals surface area (Å²) >= 11 is 0. The molecule has 3 rings (SSSR count). The first kappa shape index (κ1) is 23.2. The number of anilines is 1. The molecule has 172 valence electrons. The van der Waals surface area contributed by atoms with E-state index in [9.17, 15) is 18.0 Å². The number of piperazine rings is 1. The number of aryl methyl sites for hydroxylation is 2. The lowest BCUT2D eigenvalue weighted by molar-refractivity contribution is -0.138. The number of pyridine rings is 2. The average Bonchev–Trinajstić information content (AvgIpc) is 2.72. The number of hydrogen-bond donors (Lipinski definition) is 1. The van der Waals surface area contributed by atoms with Gasteiger partial charge in [0.1, 0.15) is 11.5 Å². The number of aromatic nitrogens is 2. The van der Waals surface area contributed by atoms with Crippen molar-refractivity contribution in [2.45, 2.75) is 52.8 Å². The highest BCUT2D eigenvalue weighted by Crippen LogP contribution is 2.34. The van der Waals surface area contributed by atoms with Gasteiger partial charge in [-0.15, -0.1) is 0 Å². The van der Waals surface area contributed by atoms with Gasteiger partial charge >= 0.3 is 6.18 Å². The Bertz CT molecular complexity index is 954. The van der Waals surface area contributed by atoms with Crippen molar-refractivity contribution in [2.75, 3.05) is 24.5 Å². The van der Waals surface area contributed by atoms with Crippen molar-refractivity contribution in [1.29, 1.82) is 0 Å². The van der Waals surface area contributed by atoms with E-state index in [1.54, 1.807) is 19.2 Å². The van der Waals surface area contributed by atoms with Crippen LogP contribution in [-0.4, -0.2) is 41.4 Å². The molecule has 3 heterocycles. The van der Waals surface area contributed by atoms with Crippen LogP contribution in [0.15, 0.2) is 24.4 Å². The van der Waals surface area contributed by atoms with Crippen molar-refractivity contribution in [2.24, 2.45) is 5.92 Å². The third-order valence-electron chi connectivity index (χ3n) is 5.53. The molecule has 31 heavy (non-hydrogen) atoms. The van der Waals surface area contributed by atoms with Crippen LogP contribution < -0.4 is 10.2 Å². The topological polar surface area (TPSA) is 58.1 Å². The van der Waals surface area contributed by atoms with E-state index < -0.39 is 23.2 Å². The van der Waals surface area contributed by atoms with Crippen LogP contribution in [0.3, 0.4) is 0 Å². The zero-order valence-electron chi connectivity index (χ0n) is 18.4. The number of carbonyl (C=O) groups excluding carboxylic acids is 1. The average molecular weight is 439 g/mol. The summed E-state index contributed by atoms with van der Waals surface area (Å²) in [7, 11) is 0. The molecule has 0 amide bonds. The second kappa shape index (κ2) is 9.34. The van der Waals surface area contributed by atoms with Crippen molar-refractivity contribution in [3.8, 4) is 0 Å². The highest BCUT2D eigenvalue weighted by molar-refractivity contribution is 6.09. The molecule has 0 spiro atoms. The molecule has 2 aromatic rings. The number of halogens is 3. The Kier molecular flexibility index (Phi) is 6.99. The van der Waals surface area contributed by atoms with E-state index in [0.717, 1.165) is 18.1 Å². The summed E-state index contributed by atoms with van der Waals surface area (Å²) in [4.78, 5) is 23.6. The minimum Gasteiger partial charge on any atom is -0.354 e. The van der Waals surface area contributed by atoms with Gasteiger partial charge in [-0.1, -0.05) is 20.8 Å². The standard InChI is InChI=1S/C23H29F3N4O.2H2/c1-5-16-11-18(15(4)28-12-16)22(31)21-19(23(24,25)26)6-7-20(29-21)30-9-8-27-17(13-30)10-14(2)3;;/h6-7,11-12,14,17,27H,5,8-10,13H2,1-4H3;2*1H/t17-;;/m0../s1. The first-order valence-corrected chi connectivity index (χ1v) is 10.7. The summed E-state index contributed by atoms with van der Waals surface area (Å²) < 4.78 is 41.2. The lowest BCUT2D eigenvalue weighted by atomic mass is 9.99. The first-order chi connectivity index (χ1) is 14.6. The Morgan fingerprint density at radius 2 is 2.10 bits per heavy atom. The van der Waals surface area contributed by atoms with Gasteiger partial charge in [0, 0.05) is 46.0 Å². The molecule has 8 heteroatoms. The smallest absolute Gasteiger partial charge is 0.354 e. The van der Waals surface area contributed by atoms with Crippen LogP contribution in [-0.2, 0) is 12.6 Å². The van der Waals surface area contributed by atoms with E-state index in [2.05, 4.69) is 29.1 Å². The Hall–Kier alpha value is -2.48. The van der Waals surface area contributed by atoms with E-state index >= 15 is 0 Å². The molecule has 1 atom stereocenters. The van der Waals surface area contributed by atoms with Crippen LogP contribution in [0.1, 0.15) is 62.9 Å². The van der Waals surface area contributed by atoms with Gasteiger partial charge in [0.2, 0.25) is 5.78 Å². The summed E-state index contributed by atoms with van der Waals surface area (Å²) in [6.07, 6.45) is -1.46. The second-order valence-electron chi connectivity index (χ2n) is 8.45. The number of nitrogens with one attached hydrogen (secondary N) is 1. The normalized spacial score (nSPS) is 17.3. The molecule has 1 aliphatic rings. The van der Waals surface area contributed by atoms with Crippen molar-refractivity contribution >= 4 is 11.6 Å². The van der Waals surface area contributed by atoms with Crippen molar-refractivity contribution < 1.29 is 20.8 Å². The molecule has 0 radical (unpaired) electrons. The third kappa shape index (κ3) is 5.42. The van der Waals surface area contributed by atoms with E-state index in [1.807, 2.05) is 11.8 Å². The van der Waals surface area contributed by atoms with E-state index in [0.29, 0.717) is 43.5 Å². The zero-order chi connectivity index (χ0) is 22.8. The molecule has 1 aliphatic heterocycles. The number of carbonyl (C=O) groups is 1. The fourth-order valence-electron chi connectivity index (χ4n) is 3.91. The zero-order valence-corrected chi connectivity index (χ0v) is 18.4. The molecule has 0 bridgehead atoms. The van der Waals surface area contributed by atoms with Crippen LogP contribution >= 0.6 is 0 Å². The Balaban J connectivity index is 0.00000272. The minimum absolute atomic E-state index is 0. The molecule has 5 nitrogen and oxygen atoms in total. The van der Waals surface area contributed by atoms with Crippen molar-refractivity contribution in [3.05, 3.63) is 52.5 Å². The molecule has 0 unspecified atom stereocenters. The summed E-state index contributed by atoms with van der Waals surface area (Å²) in [6, 6.07) is 4.18. The lowest BCUT2D eigenvalue weighted by Crippen LogP contribution is -2.51. The van der Waals surface area contributed by atoms with E-state index in [-0.39, 0.29) is 14.5 Å². The van der Waals surface area contributed by atoms with Crippen LogP contribution in [0.5, 0.6) is 0 Å². The van der Waals surface area contributed by atoms with Crippen LogP contribution in [0.25, 0.3) is 0 Å². The summed E-state index contributed by atoms with van der Waals surface area (Å²) in [6.45, 7) is 9.76. The van der Waals surface area contributed by atoms with Crippen LogP contribution in [0.4, 0.5) is 19.0 Å². The van der Waals surface area contributed by atoms with Gasteiger partial charge in [-0.2, -0.15) is 13.2 Å². The van der Waals surface area contributed by atoms with Crippen molar-refractivity contribution in [3.63, 3.8) is 0 Å². The predicted octanol–water partition coefficient (Wildman–Crippen LogP) is 4.91. The molecule has 0 saturated carbocycles. The molecule has 2 aromatic heterocycles. The molecule has 1 fully saturated rings. The fraction of sp³-hybridized carbons (Fsp3) is 0.522. The van der Waals surface area contributed by atoms with Crippen LogP contribution in [0.2, 0.25) is 0 Å². The number of alkyl halides is 3. The number of hydrogen-bond acceptors (Lipinski definition) is 5. The summed E-state index contributed by atoms with van der Waals surface area (Å²) in [5.41, 5.74) is -0.245. The first-order valence-electron chi connectivity index (χ1n) is 10.7. The highest BCUT2D eigenvalue weighted by Gasteiger charge is 2.37. The van der Waals surface area contributed by atoms with Gasteiger partial charge in [-0.25, -0.2) is 4.98 Å². The van der Waals surface area contributed by atoms with Gasteiger partial charge in [-0.05, 0) is 49.4 Å². The third-order valence-corrected chi connectivity index (χ3v) is 5.53. The highest BCUT2D eigenvalue weighted by atomic mass is 19.4. The van der Waals surface area contributed by atoms with Gasteiger partial charge in [-0.3, -0.25) is 9.78 Å². The molecular weight excluding hydrogens is 405 g/mol. The minimum atomic E-state index is -4.68. The summed E-state index contributed by atoms with van der Waals surface area (Å²) in [5, 5.41) is 3.44. The monoisotopic (exact) mass is 438 g/mol. The lowest BCUT2D eigenvalue weighted by Gasteiger charge is -2.35. The van der Waals surface area contributed by atoms with Gasteiger partial charge in [0.05, 0.1) is 5.56 Å². The van der Waals surface area contributed by atoms with E-state index in [1.165, 1.54) is 6.07 Å². The molecular formula is C23H33F3N4O.